The first-order valence-electron chi connectivity index (χ1n) is 7.73. The lowest BCUT2D eigenvalue weighted by Gasteiger charge is -2.26. The van der Waals surface area contributed by atoms with Crippen LogP contribution in [0, 0.1) is 0 Å². The fraction of sp³-hybridized carbons (Fsp3) is 0.294. The quantitative estimate of drug-likeness (QED) is 0.748. The van der Waals surface area contributed by atoms with E-state index in [1.807, 2.05) is 37.2 Å². The molecule has 9 heteroatoms. The van der Waals surface area contributed by atoms with Crippen LogP contribution in [0.25, 0.3) is 0 Å². The van der Waals surface area contributed by atoms with Crippen molar-refractivity contribution >= 4 is 31.5 Å². The molecular weight excluding hydrogens is 396 g/mol. The molecule has 1 N–H and O–H groups in total. The summed E-state index contributed by atoms with van der Waals surface area (Å²) >= 11 is 6.23. The van der Waals surface area contributed by atoms with Gasteiger partial charge in [-0.15, -0.1) is 0 Å². The van der Waals surface area contributed by atoms with E-state index >= 15 is 0 Å². The number of halogens is 1. The van der Waals surface area contributed by atoms with E-state index in [1.54, 1.807) is 6.07 Å². The number of sulfonamides is 1. The number of rotatable bonds is 7. The first-order valence-corrected chi connectivity index (χ1v) is 11.5. The molecule has 0 fully saturated rings. The molecule has 0 aliphatic heterocycles. The van der Waals surface area contributed by atoms with Crippen LogP contribution in [-0.4, -0.2) is 48.6 Å². The summed E-state index contributed by atoms with van der Waals surface area (Å²) in [5.74, 6) is 0. The largest absolute Gasteiger partial charge is 0.301 e. The molecule has 0 saturated heterocycles. The Labute approximate surface area is 159 Å². The second-order valence-corrected chi connectivity index (χ2v) is 10.3. The number of hydrogen-bond donors (Lipinski definition) is 1. The summed E-state index contributed by atoms with van der Waals surface area (Å²) in [5.41, 5.74) is 0.814. The molecule has 2 rings (SSSR count). The highest BCUT2D eigenvalue weighted by molar-refractivity contribution is 7.90. The number of nitrogens with one attached hydrogen (secondary N) is 1. The van der Waals surface area contributed by atoms with Crippen LogP contribution in [0.15, 0.2) is 58.3 Å². The maximum atomic E-state index is 12.5. The summed E-state index contributed by atoms with van der Waals surface area (Å²) in [6, 6.07) is 12.1. The van der Waals surface area contributed by atoms with Gasteiger partial charge in [-0.1, -0.05) is 29.8 Å². The van der Waals surface area contributed by atoms with Crippen molar-refractivity contribution in [2.45, 2.75) is 15.8 Å². The molecule has 0 unspecified atom stereocenters. The lowest BCUT2D eigenvalue weighted by molar-refractivity contribution is 0.299. The van der Waals surface area contributed by atoms with Crippen molar-refractivity contribution in [3.05, 3.63) is 59.1 Å². The van der Waals surface area contributed by atoms with Crippen LogP contribution in [0.1, 0.15) is 11.6 Å². The molecule has 0 heterocycles. The van der Waals surface area contributed by atoms with E-state index in [1.165, 1.54) is 24.3 Å². The fourth-order valence-electron chi connectivity index (χ4n) is 2.45. The molecule has 26 heavy (non-hydrogen) atoms. The third kappa shape index (κ3) is 5.05. The Bertz CT molecular complexity index is 972. The Morgan fingerprint density at radius 1 is 0.962 bits per heavy atom. The van der Waals surface area contributed by atoms with E-state index in [0.29, 0.717) is 5.02 Å². The number of sulfone groups is 1. The molecule has 6 nitrogen and oxygen atoms in total. The zero-order valence-corrected chi connectivity index (χ0v) is 17.1. The van der Waals surface area contributed by atoms with Gasteiger partial charge >= 0.3 is 0 Å². The van der Waals surface area contributed by atoms with Crippen molar-refractivity contribution in [1.29, 1.82) is 0 Å². The highest BCUT2D eigenvalue weighted by atomic mass is 35.5. The Kier molecular flexibility index (Phi) is 6.46. The topological polar surface area (TPSA) is 83.6 Å². The first kappa shape index (κ1) is 20.9. The fourth-order valence-corrected chi connectivity index (χ4v) is 4.38. The van der Waals surface area contributed by atoms with Crippen LogP contribution < -0.4 is 4.72 Å². The molecule has 2 aromatic carbocycles. The minimum atomic E-state index is -3.79. The van der Waals surface area contributed by atoms with E-state index in [4.69, 9.17) is 11.6 Å². The van der Waals surface area contributed by atoms with Gasteiger partial charge in [-0.25, -0.2) is 21.6 Å². The molecule has 0 aliphatic rings. The summed E-state index contributed by atoms with van der Waals surface area (Å²) < 4.78 is 50.6. The van der Waals surface area contributed by atoms with Crippen LogP contribution in [0.3, 0.4) is 0 Å². The molecule has 0 saturated carbocycles. The smallest absolute Gasteiger partial charge is 0.240 e. The van der Waals surface area contributed by atoms with Crippen molar-refractivity contribution in [1.82, 2.24) is 9.62 Å². The number of likely N-dealkylation sites (N-methyl/N-ethyl adjacent to an activating group) is 1. The monoisotopic (exact) mass is 416 g/mol. The van der Waals surface area contributed by atoms with Crippen molar-refractivity contribution in [2.24, 2.45) is 0 Å². The van der Waals surface area contributed by atoms with E-state index in [-0.39, 0.29) is 22.4 Å². The summed E-state index contributed by atoms with van der Waals surface area (Å²) in [6.07, 6.45) is 1.07. The normalized spacial score (nSPS) is 13.7. The third-order valence-electron chi connectivity index (χ3n) is 3.92. The Morgan fingerprint density at radius 3 is 2.00 bits per heavy atom. The molecule has 0 spiro atoms. The molecule has 2 aromatic rings. The summed E-state index contributed by atoms with van der Waals surface area (Å²) in [7, 11) is -3.49. The first-order chi connectivity index (χ1) is 12.0. The van der Waals surface area contributed by atoms with Crippen LogP contribution in [0.4, 0.5) is 0 Å². The molecule has 0 bridgehead atoms. The molecule has 0 aromatic heterocycles. The average Bonchev–Trinajstić information content (AvgIpc) is 2.55. The van der Waals surface area contributed by atoms with Gasteiger partial charge in [0.05, 0.1) is 9.79 Å². The van der Waals surface area contributed by atoms with Gasteiger partial charge in [0.2, 0.25) is 10.0 Å². The lowest BCUT2D eigenvalue weighted by Crippen LogP contribution is -2.34. The number of hydrogen-bond acceptors (Lipinski definition) is 5. The molecule has 0 amide bonds. The Hall–Kier alpha value is -1.45. The highest BCUT2D eigenvalue weighted by Gasteiger charge is 2.21. The van der Waals surface area contributed by atoms with Crippen molar-refractivity contribution < 1.29 is 16.8 Å². The third-order valence-corrected chi connectivity index (χ3v) is 6.83. The van der Waals surface area contributed by atoms with E-state index in [2.05, 4.69) is 4.72 Å². The van der Waals surface area contributed by atoms with Crippen LogP contribution in [0.5, 0.6) is 0 Å². The maximum Gasteiger partial charge on any atom is 0.240 e. The molecule has 1 atom stereocenters. The van der Waals surface area contributed by atoms with Crippen molar-refractivity contribution in [2.75, 3.05) is 26.9 Å². The molecule has 0 radical (unpaired) electrons. The summed E-state index contributed by atoms with van der Waals surface area (Å²) in [6.45, 7) is 0.118. The summed E-state index contributed by atoms with van der Waals surface area (Å²) in [5, 5.41) is 0.558. The number of benzene rings is 2. The van der Waals surface area contributed by atoms with Gasteiger partial charge in [-0.2, -0.15) is 0 Å². The zero-order chi connectivity index (χ0) is 19.5. The van der Waals surface area contributed by atoms with Gasteiger partial charge in [0.1, 0.15) is 0 Å². The van der Waals surface area contributed by atoms with Crippen LogP contribution >= 0.6 is 11.6 Å². The Morgan fingerprint density at radius 2 is 1.50 bits per heavy atom. The van der Waals surface area contributed by atoms with Gasteiger partial charge in [0.25, 0.3) is 0 Å². The predicted octanol–water partition coefficient (Wildman–Crippen LogP) is 2.32. The van der Waals surface area contributed by atoms with E-state index in [9.17, 15) is 16.8 Å². The van der Waals surface area contributed by atoms with Gasteiger partial charge in [0, 0.05) is 23.9 Å². The van der Waals surface area contributed by atoms with Crippen molar-refractivity contribution in [3.8, 4) is 0 Å². The van der Waals surface area contributed by atoms with Gasteiger partial charge in [-0.3, -0.25) is 0 Å². The van der Waals surface area contributed by atoms with Gasteiger partial charge in [-0.05, 0) is 50.0 Å². The Balaban J connectivity index is 2.21. The van der Waals surface area contributed by atoms with Crippen LogP contribution in [0.2, 0.25) is 5.02 Å². The lowest BCUT2D eigenvalue weighted by atomic mass is 10.1. The minimum Gasteiger partial charge on any atom is -0.301 e. The SMILES string of the molecule is CN(C)[C@H](CNS(=O)(=O)c1ccc(S(C)(=O)=O)cc1)c1ccccc1Cl. The minimum absolute atomic E-state index is 0.00145. The van der Waals surface area contributed by atoms with Gasteiger partial charge in [0.15, 0.2) is 9.84 Å². The highest BCUT2D eigenvalue weighted by Crippen LogP contribution is 2.26. The van der Waals surface area contributed by atoms with E-state index in [0.717, 1.165) is 11.8 Å². The maximum absolute atomic E-state index is 12.5. The molecular formula is C17H21ClN2O4S2. The second-order valence-electron chi connectivity index (χ2n) is 6.10. The summed E-state index contributed by atoms with van der Waals surface area (Å²) in [4.78, 5) is 1.94. The second kappa shape index (κ2) is 8.06. The van der Waals surface area contributed by atoms with Crippen LogP contribution in [-0.2, 0) is 19.9 Å². The molecule has 142 valence electrons. The average molecular weight is 417 g/mol. The van der Waals surface area contributed by atoms with Gasteiger partial charge < -0.3 is 4.90 Å². The predicted molar refractivity (Wildman–Crippen MR) is 103 cm³/mol. The standard InChI is InChI=1S/C17H21ClN2O4S2/c1-20(2)17(15-6-4-5-7-16(15)18)12-19-26(23,24)14-10-8-13(9-11-14)25(3,21)22/h4-11,17,19H,12H2,1-3H3/t17-/m1/s1. The van der Waals surface area contributed by atoms with Crippen molar-refractivity contribution in [3.63, 3.8) is 0 Å². The number of nitrogens with zero attached hydrogens (tertiary/aromatic N) is 1. The zero-order valence-electron chi connectivity index (χ0n) is 14.7. The molecule has 0 aliphatic carbocycles. The van der Waals surface area contributed by atoms with E-state index < -0.39 is 19.9 Å².